The third-order valence-electron chi connectivity index (χ3n) is 3.60. The van der Waals surface area contributed by atoms with Crippen LogP contribution in [0.2, 0.25) is 5.02 Å². The van der Waals surface area contributed by atoms with Gasteiger partial charge in [-0.1, -0.05) is 25.4 Å². The number of anilines is 3. The van der Waals surface area contributed by atoms with Gasteiger partial charge in [0.15, 0.2) is 0 Å². The van der Waals surface area contributed by atoms with E-state index in [1.165, 1.54) is 0 Å². The van der Waals surface area contributed by atoms with Gasteiger partial charge in [-0.3, -0.25) is 0 Å². The van der Waals surface area contributed by atoms with Crippen LogP contribution in [0, 0.1) is 12.8 Å². The van der Waals surface area contributed by atoms with Crippen LogP contribution in [0.5, 0.6) is 11.5 Å². The molecule has 2 N–H and O–H groups in total. The summed E-state index contributed by atoms with van der Waals surface area (Å²) in [7, 11) is 3.16. The highest BCUT2D eigenvalue weighted by molar-refractivity contribution is 6.32. The van der Waals surface area contributed by atoms with Crippen molar-refractivity contribution in [2.45, 2.75) is 27.2 Å². The summed E-state index contributed by atoms with van der Waals surface area (Å²) < 4.78 is 10.7. The van der Waals surface area contributed by atoms with E-state index in [9.17, 15) is 0 Å². The molecule has 0 spiro atoms. The van der Waals surface area contributed by atoms with Crippen molar-refractivity contribution in [1.82, 2.24) is 9.97 Å². The monoisotopic (exact) mass is 364 g/mol. The first-order chi connectivity index (χ1) is 11.9. The minimum Gasteiger partial charge on any atom is -0.495 e. The normalized spacial score (nSPS) is 10.7. The van der Waals surface area contributed by atoms with Gasteiger partial charge >= 0.3 is 0 Å². The summed E-state index contributed by atoms with van der Waals surface area (Å²) in [6.45, 7) is 7.14. The Morgan fingerprint density at radius 1 is 1.08 bits per heavy atom. The van der Waals surface area contributed by atoms with Gasteiger partial charge in [-0.15, -0.1) is 0 Å². The Morgan fingerprint density at radius 2 is 1.80 bits per heavy atom. The van der Waals surface area contributed by atoms with Crippen molar-refractivity contribution in [3.63, 3.8) is 0 Å². The zero-order chi connectivity index (χ0) is 18.4. The molecule has 7 heteroatoms. The SMILES string of the molecule is COc1cc(Nc2cc(C)nc(NCCC(C)C)n2)c(OC)cc1Cl. The lowest BCUT2D eigenvalue weighted by Gasteiger charge is -2.14. The highest BCUT2D eigenvalue weighted by Gasteiger charge is 2.11. The summed E-state index contributed by atoms with van der Waals surface area (Å²) in [6, 6.07) is 5.36. The maximum absolute atomic E-state index is 6.15. The van der Waals surface area contributed by atoms with Gasteiger partial charge < -0.3 is 20.1 Å². The maximum Gasteiger partial charge on any atom is 0.224 e. The minimum atomic E-state index is 0.486. The molecule has 25 heavy (non-hydrogen) atoms. The standard InChI is InChI=1S/C18H25ClN4O2/c1-11(2)6-7-20-18-21-12(3)8-17(23-18)22-14-10-15(24-4)13(19)9-16(14)25-5/h8-11H,6-7H2,1-5H3,(H2,20,21,22,23). The molecule has 0 saturated carbocycles. The van der Waals surface area contributed by atoms with Crippen LogP contribution < -0.4 is 20.1 Å². The lowest BCUT2D eigenvalue weighted by atomic mass is 10.1. The number of rotatable bonds is 8. The number of halogens is 1. The third kappa shape index (κ3) is 5.39. The van der Waals surface area contributed by atoms with Gasteiger partial charge in [0.05, 0.1) is 24.9 Å². The molecule has 1 aromatic heterocycles. The number of aryl methyl sites for hydroxylation is 1. The van der Waals surface area contributed by atoms with Crippen molar-refractivity contribution in [3.05, 3.63) is 28.9 Å². The zero-order valence-electron chi connectivity index (χ0n) is 15.3. The molecule has 136 valence electrons. The van der Waals surface area contributed by atoms with Crippen LogP contribution in [0.25, 0.3) is 0 Å². The van der Waals surface area contributed by atoms with E-state index in [0.717, 1.165) is 24.3 Å². The van der Waals surface area contributed by atoms with Crippen LogP contribution in [0.3, 0.4) is 0 Å². The molecule has 2 aromatic rings. The molecule has 0 amide bonds. The fourth-order valence-electron chi connectivity index (χ4n) is 2.28. The average Bonchev–Trinajstić information content (AvgIpc) is 2.55. The molecule has 1 heterocycles. The Kier molecular flexibility index (Phi) is 6.70. The van der Waals surface area contributed by atoms with Crippen LogP contribution in [0.1, 0.15) is 26.0 Å². The van der Waals surface area contributed by atoms with Gasteiger partial charge in [0.1, 0.15) is 17.3 Å². The number of nitrogens with zero attached hydrogens (tertiary/aromatic N) is 2. The van der Waals surface area contributed by atoms with E-state index in [4.69, 9.17) is 21.1 Å². The van der Waals surface area contributed by atoms with E-state index in [2.05, 4.69) is 34.4 Å². The lowest BCUT2D eigenvalue weighted by Crippen LogP contribution is -2.09. The first-order valence-corrected chi connectivity index (χ1v) is 8.58. The number of methoxy groups -OCH3 is 2. The van der Waals surface area contributed by atoms with Crippen LogP contribution >= 0.6 is 11.6 Å². The Hall–Kier alpha value is -2.21. The summed E-state index contributed by atoms with van der Waals surface area (Å²) in [4.78, 5) is 8.94. The third-order valence-corrected chi connectivity index (χ3v) is 3.89. The van der Waals surface area contributed by atoms with Crippen molar-refractivity contribution in [2.75, 3.05) is 31.4 Å². The Balaban J connectivity index is 2.23. The molecule has 0 aliphatic heterocycles. The highest BCUT2D eigenvalue weighted by atomic mass is 35.5. The van der Waals surface area contributed by atoms with E-state index in [1.807, 2.05) is 13.0 Å². The van der Waals surface area contributed by atoms with Crippen molar-refractivity contribution in [2.24, 2.45) is 5.92 Å². The van der Waals surface area contributed by atoms with Crippen LogP contribution in [-0.2, 0) is 0 Å². The van der Waals surface area contributed by atoms with E-state index in [-0.39, 0.29) is 0 Å². The molecule has 0 radical (unpaired) electrons. The molecule has 1 aromatic carbocycles. The van der Waals surface area contributed by atoms with Gasteiger partial charge in [-0.05, 0) is 19.3 Å². The van der Waals surface area contributed by atoms with Crippen LogP contribution in [0.15, 0.2) is 18.2 Å². The second-order valence-corrected chi connectivity index (χ2v) is 6.55. The van der Waals surface area contributed by atoms with Gasteiger partial charge in [0.2, 0.25) is 5.95 Å². The van der Waals surface area contributed by atoms with Crippen LogP contribution in [-0.4, -0.2) is 30.7 Å². The average molecular weight is 365 g/mol. The van der Waals surface area contributed by atoms with Crippen molar-refractivity contribution in [1.29, 1.82) is 0 Å². The van der Waals surface area contributed by atoms with Crippen molar-refractivity contribution >= 4 is 29.1 Å². The fourth-order valence-corrected chi connectivity index (χ4v) is 2.51. The molecule has 0 unspecified atom stereocenters. The molecule has 0 aliphatic rings. The molecule has 0 fully saturated rings. The molecular formula is C18H25ClN4O2. The van der Waals surface area contributed by atoms with Crippen molar-refractivity contribution < 1.29 is 9.47 Å². The van der Waals surface area contributed by atoms with Gasteiger partial charge in [-0.2, -0.15) is 4.98 Å². The Bertz CT molecular complexity index is 722. The second-order valence-electron chi connectivity index (χ2n) is 6.14. The van der Waals surface area contributed by atoms with Crippen LogP contribution in [0.4, 0.5) is 17.5 Å². The number of hydrogen-bond donors (Lipinski definition) is 2. The first-order valence-electron chi connectivity index (χ1n) is 8.21. The predicted molar refractivity (Wildman–Crippen MR) is 103 cm³/mol. The topological polar surface area (TPSA) is 68.3 Å². The second kappa shape index (κ2) is 8.76. The molecule has 0 saturated heterocycles. The molecule has 0 bridgehead atoms. The van der Waals surface area contributed by atoms with E-state index < -0.39 is 0 Å². The lowest BCUT2D eigenvalue weighted by molar-refractivity contribution is 0.405. The smallest absolute Gasteiger partial charge is 0.224 e. The molecule has 0 atom stereocenters. The quantitative estimate of drug-likeness (QED) is 0.710. The van der Waals surface area contributed by atoms with Gasteiger partial charge in [-0.25, -0.2) is 4.98 Å². The molecular weight excluding hydrogens is 340 g/mol. The highest BCUT2D eigenvalue weighted by Crippen LogP contribution is 2.37. The number of hydrogen-bond acceptors (Lipinski definition) is 6. The van der Waals surface area contributed by atoms with Crippen molar-refractivity contribution in [3.8, 4) is 11.5 Å². The Labute approximate surface area is 153 Å². The zero-order valence-corrected chi connectivity index (χ0v) is 16.1. The van der Waals surface area contributed by atoms with E-state index in [1.54, 1.807) is 26.4 Å². The van der Waals surface area contributed by atoms with Gasteiger partial charge in [0.25, 0.3) is 0 Å². The molecule has 6 nitrogen and oxygen atoms in total. The minimum absolute atomic E-state index is 0.486. The summed E-state index contributed by atoms with van der Waals surface area (Å²) in [5.74, 6) is 3.06. The largest absolute Gasteiger partial charge is 0.495 e. The van der Waals surface area contributed by atoms with E-state index >= 15 is 0 Å². The maximum atomic E-state index is 6.15. The predicted octanol–water partition coefficient (Wildman–Crippen LogP) is 4.66. The summed E-state index contributed by atoms with van der Waals surface area (Å²) in [5.41, 5.74) is 1.58. The van der Waals surface area contributed by atoms with E-state index in [0.29, 0.717) is 34.2 Å². The Morgan fingerprint density at radius 3 is 2.44 bits per heavy atom. The number of ether oxygens (including phenoxy) is 2. The summed E-state index contributed by atoms with van der Waals surface area (Å²) in [5, 5.41) is 7.00. The van der Waals surface area contributed by atoms with Gasteiger partial charge in [0, 0.05) is 30.4 Å². The summed E-state index contributed by atoms with van der Waals surface area (Å²) in [6.07, 6.45) is 1.06. The number of aromatic nitrogens is 2. The number of nitrogens with one attached hydrogen (secondary N) is 2. The first kappa shape index (κ1) is 19.1. The molecule has 0 aliphatic carbocycles. The number of benzene rings is 1. The fraction of sp³-hybridized carbons (Fsp3) is 0.444. The summed E-state index contributed by atoms with van der Waals surface area (Å²) >= 11 is 6.15. The molecule has 2 rings (SSSR count).